The first-order chi connectivity index (χ1) is 18.0. The van der Waals surface area contributed by atoms with Gasteiger partial charge in [-0.2, -0.15) is 0 Å². The van der Waals surface area contributed by atoms with Gasteiger partial charge in [-0.3, -0.25) is 13.9 Å². The van der Waals surface area contributed by atoms with Crippen LogP contribution in [0.2, 0.25) is 10.0 Å². The van der Waals surface area contributed by atoms with Gasteiger partial charge in [0.25, 0.3) is 10.0 Å². The molecule has 0 unspecified atom stereocenters. The van der Waals surface area contributed by atoms with Crippen LogP contribution in [0.25, 0.3) is 0 Å². The zero-order chi connectivity index (χ0) is 27.9. The lowest BCUT2D eigenvalue weighted by molar-refractivity contribution is -0.139. The molecule has 0 aliphatic carbocycles. The monoisotopic (exact) mass is 575 g/mol. The molecule has 202 valence electrons. The third kappa shape index (κ3) is 7.49. The van der Waals surface area contributed by atoms with Gasteiger partial charge in [-0.25, -0.2) is 8.42 Å². The van der Waals surface area contributed by atoms with E-state index >= 15 is 0 Å². The summed E-state index contributed by atoms with van der Waals surface area (Å²) in [6, 6.07) is 20.1. The van der Waals surface area contributed by atoms with Crippen molar-refractivity contribution in [2.75, 3.05) is 10.8 Å². The Morgan fingerprint density at radius 1 is 0.895 bits per heavy atom. The molecule has 0 bridgehead atoms. The molecular formula is C28H31Cl2N3O4S. The van der Waals surface area contributed by atoms with E-state index in [4.69, 9.17) is 23.2 Å². The van der Waals surface area contributed by atoms with Crippen LogP contribution in [0.1, 0.15) is 32.8 Å². The van der Waals surface area contributed by atoms with Crippen molar-refractivity contribution in [3.8, 4) is 0 Å². The lowest BCUT2D eigenvalue weighted by atomic mass is 10.1. The van der Waals surface area contributed by atoms with Gasteiger partial charge in [0.05, 0.1) is 10.6 Å². The quantitative estimate of drug-likeness (QED) is 0.326. The van der Waals surface area contributed by atoms with Gasteiger partial charge < -0.3 is 10.2 Å². The lowest BCUT2D eigenvalue weighted by Crippen LogP contribution is -2.52. The summed E-state index contributed by atoms with van der Waals surface area (Å²) in [5.41, 5.74) is 0.976. The summed E-state index contributed by atoms with van der Waals surface area (Å²) >= 11 is 12.2. The van der Waals surface area contributed by atoms with E-state index in [1.165, 1.54) is 29.2 Å². The lowest BCUT2D eigenvalue weighted by Gasteiger charge is -2.32. The summed E-state index contributed by atoms with van der Waals surface area (Å²) in [7, 11) is -4.12. The van der Waals surface area contributed by atoms with Crippen molar-refractivity contribution in [1.29, 1.82) is 0 Å². The molecule has 3 rings (SSSR count). The van der Waals surface area contributed by atoms with Crippen LogP contribution >= 0.6 is 23.2 Å². The molecular weight excluding hydrogens is 545 g/mol. The van der Waals surface area contributed by atoms with Crippen LogP contribution < -0.4 is 9.62 Å². The maximum atomic E-state index is 13.8. The second-order valence-electron chi connectivity index (χ2n) is 8.95. The third-order valence-electron chi connectivity index (χ3n) is 6.13. The minimum Gasteiger partial charge on any atom is -0.352 e. The Bertz CT molecular complexity index is 1350. The molecule has 0 aliphatic heterocycles. The largest absolute Gasteiger partial charge is 0.352 e. The molecule has 1 N–H and O–H groups in total. The highest BCUT2D eigenvalue weighted by Crippen LogP contribution is 2.26. The number of hydrogen-bond donors (Lipinski definition) is 1. The summed E-state index contributed by atoms with van der Waals surface area (Å²) in [4.78, 5) is 28.3. The summed E-state index contributed by atoms with van der Waals surface area (Å²) in [6.45, 7) is 4.98. The number of sulfonamides is 1. The fourth-order valence-electron chi connectivity index (χ4n) is 3.74. The molecule has 0 aromatic heterocycles. The van der Waals surface area contributed by atoms with Crippen molar-refractivity contribution in [3.05, 3.63) is 94.5 Å². The van der Waals surface area contributed by atoms with E-state index in [1.807, 2.05) is 13.8 Å². The Kier molecular flexibility index (Phi) is 10.2. The van der Waals surface area contributed by atoms with Crippen LogP contribution in [0.5, 0.6) is 0 Å². The topological polar surface area (TPSA) is 86.8 Å². The molecule has 3 aromatic carbocycles. The van der Waals surface area contributed by atoms with Gasteiger partial charge in [0, 0.05) is 22.6 Å². The van der Waals surface area contributed by atoms with Gasteiger partial charge in [-0.1, -0.05) is 60.5 Å². The number of carbonyl (C=O) groups is 2. The van der Waals surface area contributed by atoms with E-state index in [0.717, 1.165) is 10.7 Å². The first-order valence-corrected chi connectivity index (χ1v) is 14.4. The summed E-state index contributed by atoms with van der Waals surface area (Å²) in [5, 5.41) is 3.82. The fraction of sp³-hybridized carbons (Fsp3) is 0.286. The average molecular weight is 577 g/mol. The molecule has 38 heavy (non-hydrogen) atoms. The number of benzene rings is 3. The minimum atomic E-state index is -4.12. The Morgan fingerprint density at radius 3 is 2.16 bits per heavy atom. The SMILES string of the molecule is CC[C@@H](C)NC(=O)[C@H](C)N(Cc1cccc(Cl)c1)C(=O)CN(c1ccc(Cl)cc1)S(=O)(=O)c1ccccc1. The predicted molar refractivity (Wildman–Crippen MR) is 152 cm³/mol. The van der Waals surface area contributed by atoms with Crippen molar-refractivity contribution >= 4 is 50.7 Å². The van der Waals surface area contributed by atoms with E-state index < -0.39 is 28.5 Å². The van der Waals surface area contributed by atoms with Crippen LogP contribution in [0.4, 0.5) is 5.69 Å². The van der Waals surface area contributed by atoms with Crippen molar-refractivity contribution in [2.45, 2.75) is 50.7 Å². The number of rotatable bonds is 11. The number of nitrogens with zero attached hydrogens (tertiary/aromatic N) is 2. The molecule has 10 heteroatoms. The van der Waals surface area contributed by atoms with Gasteiger partial charge >= 0.3 is 0 Å². The molecule has 0 fully saturated rings. The van der Waals surface area contributed by atoms with E-state index in [-0.39, 0.29) is 29.1 Å². The molecule has 0 heterocycles. The number of nitrogens with one attached hydrogen (secondary N) is 1. The van der Waals surface area contributed by atoms with E-state index in [9.17, 15) is 18.0 Å². The van der Waals surface area contributed by atoms with Gasteiger partial charge in [0.15, 0.2) is 0 Å². The first kappa shape index (κ1) is 29.5. The predicted octanol–water partition coefficient (Wildman–Crippen LogP) is 5.52. The Labute approximate surface area is 234 Å². The Balaban J connectivity index is 2.01. The fourth-order valence-corrected chi connectivity index (χ4v) is 5.51. The second kappa shape index (κ2) is 13.1. The summed E-state index contributed by atoms with van der Waals surface area (Å²) in [6.07, 6.45) is 0.723. The summed E-state index contributed by atoms with van der Waals surface area (Å²) in [5.74, 6) is -0.884. The molecule has 2 atom stereocenters. The Hall–Kier alpha value is -3.07. The van der Waals surface area contributed by atoms with Crippen LogP contribution in [0.15, 0.2) is 83.8 Å². The number of amides is 2. The van der Waals surface area contributed by atoms with E-state index in [2.05, 4.69) is 5.32 Å². The normalized spacial score (nSPS) is 12.9. The minimum absolute atomic E-state index is 0.0340. The van der Waals surface area contributed by atoms with Gasteiger partial charge in [0.1, 0.15) is 12.6 Å². The highest BCUT2D eigenvalue weighted by molar-refractivity contribution is 7.92. The van der Waals surface area contributed by atoms with Crippen LogP contribution in [0.3, 0.4) is 0 Å². The van der Waals surface area contributed by atoms with Crippen molar-refractivity contribution < 1.29 is 18.0 Å². The van der Waals surface area contributed by atoms with Crippen molar-refractivity contribution in [3.63, 3.8) is 0 Å². The molecule has 0 saturated heterocycles. The number of hydrogen-bond acceptors (Lipinski definition) is 4. The van der Waals surface area contributed by atoms with Crippen LogP contribution in [-0.4, -0.2) is 43.8 Å². The maximum absolute atomic E-state index is 13.8. The van der Waals surface area contributed by atoms with E-state index in [1.54, 1.807) is 61.5 Å². The first-order valence-electron chi connectivity index (χ1n) is 12.2. The highest BCUT2D eigenvalue weighted by Gasteiger charge is 2.32. The molecule has 0 aliphatic rings. The summed E-state index contributed by atoms with van der Waals surface area (Å²) < 4.78 is 28.4. The highest BCUT2D eigenvalue weighted by atomic mass is 35.5. The Morgan fingerprint density at radius 2 is 1.55 bits per heavy atom. The van der Waals surface area contributed by atoms with Crippen LogP contribution in [0, 0.1) is 0 Å². The maximum Gasteiger partial charge on any atom is 0.264 e. The smallest absolute Gasteiger partial charge is 0.264 e. The van der Waals surface area contributed by atoms with Crippen molar-refractivity contribution in [1.82, 2.24) is 10.2 Å². The van der Waals surface area contributed by atoms with Crippen molar-refractivity contribution in [2.24, 2.45) is 0 Å². The standard InChI is InChI=1S/C28H31Cl2N3O4S/c1-4-20(2)31-28(35)21(3)32(18-22-9-8-10-24(30)17-22)27(34)19-33(25-15-13-23(29)14-16-25)38(36,37)26-11-6-5-7-12-26/h5-17,20-21H,4,18-19H2,1-3H3,(H,31,35)/t20-,21+/m1/s1. The number of halogens is 2. The molecule has 2 amide bonds. The number of anilines is 1. The van der Waals surface area contributed by atoms with Gasteiger partial charge in [-0.05, 0) is 74.4 Å². The number of carbonyl (C=O) groups excluding carboxylic acids is 2. The van der Waals surface area contributed by atoms with Gasteiger partial charge in [0.2, 0.25) is 11.8 Å². The molecule has 0 radical (unpaired) electrons. The molecule has 0 saturated carbocycles. The molecule has 0 spiro atoms. The zero-order valence-corrected chi connectivity index (χ0v) is 23.8. The molecule has 3 aromatic rings. The third-order valence-corrected chi connectivity index (χ3v) is 8.41. The van der Waals surface area contributed by atoms with Crippen LogP contribution in [-0.2, 0) is 26.2 Å². The van der Waals surface area contributed by atoms with Gasteiger partial charge in [-0.15, -0.1) is 0 Å². The average Bonchev–Trinajstić information content (AvgIpc) is 2.90. The molecule has 7 nitrogen and oxygen atoms in total. The second-order valence-corrected chi connectivity index (χ2v) is 11.7. The zero-order valence-electron chi connectivity index (χ0n) is 21.5. The van der Waals surface area contributed by atoms with E-state index in [0.29, 0.717) is 15.6 Å².